The topological polar surface area (TPSA) is 60.1 Å². The standard InChI is InChI=1S/C20H41N5/c1-20(2)15-24-19-10-6-5-9-18(19)22-12-11-21-16-7-3-4-8-17(16)23-13-14-25-20/h16-19,21-25H,3-15H2,1-2H3. The van der Waals surface area contributed by atoms with Gasteiger partial charge in [0.1, 0.15) is 0 Å². The van der Waals surface area contributed by atoms with E-state index in [9.17, 15) is 0 Å². The highest BCUT2D eigenvalue weighted by Crippen LogP contribution is 2.20. The van der Waals surface area contributed by atoms with Crippen molar-refractivity contribution in [3.8, 4) is 0 Å². The highest BCUT2D eigenvalue weighted by atomic mass is 15.1. The molecule has 0 bridgehead atoms. The maximum Gasteiger partial charge on any atom is 0.0250 e. The van der Waals surface area contributed by atoms with E-state index in [0.29, 0.717) is 24.2 Å². The van der Waals surface area contributed by atoms with Crippen LogP contribution in [0.2, 0.25) is 0 Å². The highest BCUT2D eigenvalue weighted by molar-refractivity contribution is 4.92. The van der Waals surface area contributed by atoms with Crippen molar-refractivity contribution in [2.45, 2.75) is 94.9 Å². The van der Waals surface area contributed by atoms with Gasteiger partial charge < -0.3 is 26.6 Å². The lowest BCUT2D eigenvalue weighted by molar-refractivity contribution is 0.257. The third-order valence-electron chi connectivity index (χ3n) is 6.41. The van der Waals surface area contributed by atoms with Crippen molar-refractivity contribution in [1.29, 1.82) is 0 Å². The van der Waals surface area contributed by atoms with E-state index in [4.69, 9.17) is 0 Å². The molecule has 4 atom stereocenters. The number of nitrogens with one attached hydrogen (secondary N) is 5. The lowest BCUT2D eigenvalue weighted by Crippen LogP contribution is -2.56. The molecule has 2 saturated carbocycles. The fraction of sp³-hybridized carbons (Fsp3) is 1.00. The summed E-state index contributed by atoms with van der Waals surface area (Å²) < 4.78 is 0. The van der Waals surface area contributed by atoms with Crippen LogP contribution in [0.1, 0.15) is 65.2 Å². The van der Waals surface area contributed by atoms with Crippen molar-refractivity contribution in [2.75, 3.05) is 32.7 Å². The summed E-state index contributed by atoms with van der Waals surface area (Å²) in [6.07, 6.45) is 10.8. The molecule has 0 amide bonds. The van der Waals surface area contributed by atoms with E-state index in [1.54, 1.807) is 0 Å². The van der Waals surface area contributed by atoms with E-state index in [-0.39, 0.29) is 5.54 Å². The molecule has 0 spiro atoms. The average molecular weight is 352 g/mol. The molecule has 0 aromatic heterocycles. The molecular formula is C20H41N5. The van der Waals surface area contributed by atoms with Crippen LogP contribution >= 0.6 is 0 Å². The molecule has 3 fully saturated rings. The number of fused-ring (bicyclic) bond motifs is 2. The van der Waals surface area contributed by atoms with Crippen LogP contribution in [0.3, 0.4) is 0 Å². The molecule has 3 rings (SSSR count). The third kappa shape index (κ3) is 6.17. The monoisotopic (exact) mass is 351 g/mol. The van der Waals surface area contributed by atoms with Gasteiger partial charge in [0.25, 0.3) is 0 Å². The molecule has 0 radical (unpaired) electrons. The normalized spacial score (nSPS) is 38.6. The second kappa shape index (κ2) is 9.65. The van der Waals surface area contributed by atoms with E-state index in [1.165, 1.54) is 51.4 Å². The van der Waals surface area contributed by atoms with Crippen LogP contribution in [0.5, 0.6) is 0 Å². The first-order valence-corrected chi connectivity index (χ1v) is 10.8. The summed E-state index contributed by atoms with van der Waals surface area (Å²) in [5.41, 5.74) is 0.147. The molecule has 0 aromatic carbocycles. The number of hydrogen-bond donors (Lipinski definition) is 5. The van der Waals surface area contributed by atoms with Gasteiger partial charge in [0, 0.05) is 62.4 Å². The molecular weight excluding hydrogens is 310 g/mol. The Kier molecular flexibility index (Phi) is 7.55. The lowest BCUT2D eigenvalue weighted by Gasteiger charge is -2.36. The summed E-state index contributed by atoms with van der Waals surface area (Å²) in [5.74, 6) is 0. The molecule has 146 valence electrons. The molecule has 1 heterocycles. The average Bonchev–Trinajstić information content (AvgIpc) is 2.62. The molecule has 1 aliphatic heterocycles. The molecule has 5 N–H and O–H groups in total. The fourth-order valence-corrected chi connectivity index (χ4v) is 4.86. The predicted octanol–water partition coefficient (Wildman–Crippen LogP) is 1.35. The highest BCUT2D eigenvalue weighted by Gasteiger charge is 2.28. The number of hydrogen-bond acceptors (Lipinski definition) is 5. The van der Waals surface area contributed by atoms with E-state index in [1.807, 2.05) is 0 Å². The van der Waals surface area contributed by atoms with Crippen molar-refractivity contribution >= 4 is 0 Å². The van der Waals surface area contributed by atoms with Gasteiger partial charge in [-0.1, -0.05) is 25.7 Å². The quantitative estimate of drug-likeness (QED) is 0.456. The molecule has 4 unspecified atom stereocenters. The SMILES string of the molecule is CC1(C)CNC2CCCCC2NCCNC2CCCCC2NCCN1. The van der Waals surface area contributed by atoms with Gasteiger partial charge in [0.05, 0.1) is 0 Å². The predicted molar refractivity (Wildman–Crippen MR) is 106 cm³/mol. The van der Waals surface area contributed by atoms with Crippen LogP contribution < -0.4 is 26.6 Å². The first-order chi connectivity index (χ1) is 12.1. The molecule has 1 saturated heterocycles. The minimum Gasteiger partial charge on any atom is -0.311 e. The summed E-state index contributed by atoms with van der Waals surface area (Å²) in [5, 5.41) is 19.1. The molecule has 2 aliphatic carbocycles. The summed E-state index contributed by atoms with van der Waals surface area (Å²) in [6.45, 7) is 9.99. The Morgan fingerprint density at radius 3 is 1.44 bits per heavy atom. The van der Waals surface area contributed by atoms with Crippen LogP contribution in [0.25, 0.3) is 0 Å². The van der Waals surface area contributed by atoms with E-state index >= 15 is 0 Å². The molecule has 0 aromatic rings. The lowest BCUT2D eigenvalue weighted by atomic mass is 9.89. The Morgan fingerprint density at radius 2 is 0.960 bits per heavy atom. The van der Waals surface area contributed by atoms with Crippen molar-refractivity contribution in [3.63, 3.8) is 0 Å². The van der Waals surface area contributed by atoms with Crippen molar-refractivity contribution in [2.24, 2.45) is 0 Å². The van der Waals surface area contributed by atoms with E-state index < -0.39 is 0 Å². The largest absolute Gasteiger partial charge is 0.311 e. The summed E-state index contributed by atoms with van der Waals surface area (Å²) in [6, 6.07) is 2.55. The second-order valence-electron chi connectivity index (χ2n) is 9.05. The van der Waals surface area contributed by atoms with Gasteiger partial charge in [-0.15, -0.1) is 0 Å². The van der Waals surface area contributed by atoms with E-state index in [0.717, 1.165) is 32.7 Å². The Labute approximate surface area is 154 Å². The Hall–Kier alpha value is -0.200. The molecule has 5 nitrogen and oxygen atoms in total. The molecule has 3 aliphatic rings. The van der Waals surface area contributed by atoms with Gasteiger partial charge in [-0.2, -0.15) is 0 Å². The van der Waals surface area contributed by atoms with Gasteiger partial charge in [-0.3, -0.25) is 0 Å². The zero-order valence-electron chi connectivity index (χ0n) is 16.5. The van der Waals surface area contributed by atoms with Gasteiger partial charge in [0.2, 0.25) is 0 Å². The van der Waals surface area contributed by atoms with Gasteiger partial charge >= 0.3 is 0 Å². The van der Waals surface area contributed by atoms with Gasteiger partial charge in [0.15, 0.2) is 0 Å². The molecule has 25 heavy (non-hydrogen) atoms. The third-order valence-corrected chi connectivity index (χ3v) is 6.41. The van der Waals surface area contributed by atoms with Gasteiger partial charge in [-0.05, 0) is 39.5 Å². The summed E-state index contributed by atoms with van der Waals surface area (Å²) in [4.78, 5) is 0. The second-order valence-corrected chi connectivity index (χ2v) is 9.05. The zero-order chi connectivity index (χ0) is 17.5. The van der Waals surface area contributed by atoms with Crippen molar-refractivity contribution < 1.29 is 0 Å². The minimum atomic E-state index is 0.147. The van der Waals surface area contributed by atoms with Crippen LogP contribution in [-0.2, 0) is 0 Å². The summed E-state index contributed by atoms with van der Waals surface area (Å²) in [7, 11) is 0. The van der Waals surface area contributed by atoms with E-state index in [2.05, 4.69) is 40.4 Å². The van der Waals surface area contributed by atoms with Crippen LogP contribution in [0.4, 0.5) is 0 Å². The first kappa shape index (κ1) is 19.6. The maximum absolute atomic E-state index is 3.87. The van der Waals surface area contributed by atoms with Crippen molar-refractivity contribution in [3.05, 3.63) is 0 Å². The van der Waals surface area contributed by atoms with Gasteiger partial charge in [-0.25, -0.2) is 0 Å². The fourth-order valence-electron chi connectivity index (χ4n) is 4.86. The summed E-state index contributed by atoms with van der Waals surface area (Å²) >= 11 is 0. The Bertz CT molecular complexity index is 386. The molecule has 5 heteroatoms. The number of rotatable bonds is 0. The first-order valence-electron chi connectivity index (χ1n) is 10.8. The smallest absolute Gasteiger partial charge is 0.0250 e. The maximum atomic E-state index is 3.87. The van der Waals surface area contributed by atoms with Crippen molar-refractivity contribution in [1.82, 2.24) is 26.6 Å². The minimum absolute atomic E-state index is 0.147. The van der Waals surface area contributed by atoms with Crippen LogP contribution in [0.15, 0.2) is 0 Å². The van der Waals surface area contributed by atoms with Crippen LogP contribution in [0, 0.1) is 0 Å². The van der Waals surface area contributed by atoms with Crippen LogP contribution in [-0.4, -0.2) is 62.4 Å². The Balaban J connectivity index is 1.59. The zero-order valence-corrected chi connectivity index (χ0v) is 16.5. The Morgan fingerprint density at radius 1 is 0.560 bits per heavy atom.